The summed E-state index contributed by atoms with van der Waals surface area (Å²) in [5.41, 5.74) is 1.12. The van der Waals surface area contributed by atoms with Gasteiger partial charge in [-0.05, 0) is 52.0 Å². The lowest BCUT2D eigenvalue weighted by Gasteiger charge is -2.05. The molecule has 2 aromatic rings. The molecule has 0 radical (unpaired) electrons. The number of carbonyl (C=O) groups is 1. The van der Waals surface area contributed by atoms with Crippen LogP contribution >= 0.6 is 27.3 Å². The molecule has 88 valence electrons. The predicted molar refractivity (Wildman–Crippen MR) is 73.0 cm³/mol. The van der Waals surface area contributed by atoms with Gasteiger partial charge in [-0.2, -0.15) is 0 Å². The summed E-state index contributed by atoms with van der Waals surface area (Å²) >= 11 is 4.76. The smallest absolute Gasteiger partial charge is 0.211 e. The second kappa shape index (κ2) is 5.47. The molecule has 0 amide bonds. The van der Waals surface area contributed by atoms with Gasteiger partial charge in [-0.15, -0.1) is 11.3 Å². The normalized spacial score (nSPS) is 10.2. The van der Waals surface area contributed by atoms with E-state index in [-0.39, 0.29) is 12.4 Å². The van der Waals surface area contributed by atoms with Crippen molar-refractivity contribution in [2.24, 2.45) is 0 Å². The Labute approximate surface area is 112 Å². The van der Waals surface area contributed by atoms with E-state index in [9.17, 15) is 4.79 Å². The Bertz CT molecular complexity index is 534. The van der Waals surface area contributed by atoms with E-state index in [4.69, 9.17) is 4.74 Å². The number of rotatable bonds is 4. The van der Waals surface area contributed by atoms with Crippen LogP contribution in [-0.2, 0) is 0 Å². The lowest BCUT2D eigenvalue weighted by atomic mass is 10.2. The van der Waals surface area contributed by atoms with Gasteiger partial charge in [0.1, 0.15) is 5.75 Å². The lowest BCUT2D eigenvalue weighted by molar-refractivity contribution is 0.0925. The van der Waals surface area contributed by atoms with Gasteiger partial charge in [0.15, 0.2) is 6.61 Å². The van der Waals surface area contributed by atoms with Gasteiger partial charge in [0.2, 0.25) is 5.78 Å². The van der Waals surface area contributed by atoms with Crippen molar-refractivity contribution in [2.75, 3.05) is 6.61 Å². The molecule has 4 heteroatoms. The molecular formula is C13H11BrO2S. The third kappa shape index (κ3) is 3.17. The monoisotopic (exact) mass is 310 g/mol. The molecule has 1 aromatic heterocycles. The number of ketones is 1. The van der Waals surface area contributed by atoms with Gasteiger partial charge in [-0.1, -0.05) is 12.1 Å². The highest BCUT2D eigenvalue weighted by molar-refractivity contribution is 9.10. The number of benzene rings is 1. The van der Waals surface area contributed by atoms with E-state index in [1.807, 2.05) is 42.6 Å². The first-order valence-electron chi connectivity index (χ1n) is 5.12. The molecule has 0 N–H and O–H groups in total. The maximum absolute atomic E-state index is 11.8. The Balaban J connectivity index is 1.99. The van der Waals surface area contributed by atoms with Gasteiger partial charge < -0.3 is 4.74 Å². The molecule has 1 aromatic carbocycles. The fourth-order valence-corrected chi connectivity index (χ4v) is 2.93. The summed E-state index contributed by atoms with van der Waals surface area (Å²) in [7, 11) is 0. The molecule has 0 aliphatic rings. The van der Waals surface area contributed by atoms with Crippen LogP contribution in [0, 0.1) is 6.92 Å². The van der Waals surface area contributed by atoms with E-state index in [0.29, 0.717) is 4.88 Å². The molecule has 17 heavy (non-hydrogen) atoms. The van der Waals surface area contributed by atoms with E-state index in [1.54, 1.807) is 0 Å². The number of ether oxygens (including phenoxy) is 1. The predicted octanol–water partition coefficient (Wildman–Crippen LogP) is 4.08. The van der Waals surface area contributed by atoms with Crippen molar-refractivity contribution in [3.63, 3.8) is 0 Å². The van der Waals surface area contributed by atoms with Crippen molar-refractivity contribution in [3.8, 4) is 5.75 Å². The average Bonchev–Trinajstić information content (AvgIpc) is 2.72. The minimum absolute atomic E-state index is 0.00613. The number of Topliss-reactive ketones (excluding diaryl/α,β-unsaturated/α-hetero) is 1. The number of aryl methyl sites for hydroxylation is 1. The molecular weight excluding hydrogens is 300 g/mol. The fraction of sp³-hybridized carbons (Fsp3) is 0.154. The van der Waals surface area contributed by atoms with Gasteiger partial charge in [0.25, 0.3) is 0 Å². The minimum atomic E-state index is -0.00613. The summed E-state index contributed by atoms with van der Waals surface area (Å²) in [5, 5.41) is 1.88. The quantitative estimate of drug-likeness (QED) is 0.795. The topological polar surface area (TPSA) is 26.3 Å². The van der Waals surface area contributed by atoms with Gasteiger partial charge >= 0.3 is 0 Å². The van der Waals surface area contributed by atoms with Gasteiger partial charge in [0, 0.05) is 4.47 Å². The molecule has 0 unspecified atom stereocenters. The zero-order valence-electron chi connectivity index (χ0n) is 9.27. The van der Waals surface area contributed by atoms with Crippen LogP contribution in [0.2, 0.25) is 0 Å². The van der Waals surface area contributed by atoms with Crippen LogP contribution in [0.4, 0.5) is 0 Å². The molecule has 2 nitrogen and oxygen atoms in total. The SMILES string of the molecule is Cc1cccc(OCC(=O)c2sccc2Br)c1. The highest BCUT2D eigenvalue weighted by Gasteiger charge is 2.12. The highest BCUT2D eigenvalue weighted by Crippen LogP contribution is 2.23. The van der Waals surface area contributed by atoms with Crippen molar-refractivity contribution in [1.29, 1.82) is 0 Å². The zero-order chi connectivity index (χ0) is 12.3. The van der Waals surface area contributed by atoms with Gasteiger partial charge in [-0.3, -0.25) is 4.79 Å². The Hall–Kier alpha value is -1.13. The molecule has 0 saturated heterocycles. The molecule has 0 bridgehead atoms. The Morgan fingerprint density at radius 2 is 2.24 bits per heavy atom. The first kappa shape index (κ1) is 12.3. The third-order valence-electron chi connectivity index (χ3n) is 2.23. The molecule has 0 saturated carbocycles. The van der Waals surface area contributed by atoms with Crippen LogP contribution in [0.25, 0.3) is 0 Å². The summed E-state index contributed by atoms with van der Waals surface area (Å²) in [5.74, 6) is 0.722. The lowest BCUT2D eigenvalue weighted by Crippen LogP contribution is -2.10. The first-order chi connectivity index (χ1) is 8.16. The number of halogens is 1. The van der Waals surface area contributed by atoms with E-state index >= 15 is 0 Å². The Morgan fingerprint density at radius 3 is 2.88 bits per heavy atom. The maximum atomic E-state index is 11.8. The Kier molecular flexibility index (Phi) is 3.97. The van der Waals surface area contributed by atoms with Crippen LogP contribution in [0.5, 0.6) is 5.75 Å². The molecule has 0 aliphatic carbocycles. The van der Waals surface area contributed by atoms with E-state index in [1.165, 1.54) is 11.3 Å². The largest absolute Gasteiger partial charge is 0.485 e. The molecule has 2 rings (SSSR count). The van der Waals surface area contributed by atoms with E-state index in [0.717, 1.165) is 15.8 Å². The van der Waals surface area contributed by atoms with E-state index < -0.39 is 0 Å². The van der Waals surface area contributed by atoms with Crippen LogP contribution < -0.4 is 4.74 Å². The number of hydrogen-bond donors (Lipinski definition) is 0. The summed E-state index contributed by atoms with van der Waals surface area (Å²) in [6.07, 6.45) is 0. The minimum Gasteiger partial charge on any atom is -0.485 e. The number of thiophene rings is 1. The Morgan fingerprint density at radius 1 is 1.41 bits per heavy atom. The maximum Gasteiger partial charge on any atom is 0.211 e. The van der Waals surface area contributed by atoms with Gasteiger partial charge in [-0.25, -0.2) is 0 Å². The van der Waals surface area contributed by atoms with E-state index in [2.05, 4.69) is 15.9 Å². The van der Waals surface area contributed by atoms with Crippen molar-refractivity contribution >= 4 is 33.0 Å². The van der Waals surface area contributed by atoms with Crippen molar-refractivity contribution in [2.45, 2.75) is 6.92 Å². The number of hydrogen-bond acceptors (Lipinski definition) is 3. The molecule has 0 fully saturated rings. The molecule has 0 aliphatic heterocycles. The second-order valence-corrected chi connectivity index (χ2v) is 5.40. The van der Waals surface area contributed by atoms with Crippen molar-refractivity contribution in [1.82, 2.24) is 0 Å². The number of carbonyl (C=O) groups excluding carboxylic acids is 1. The zero-order valence-corrected chi connectivity index (χ0v) is 11.7. The first-order valence-corrected chi connectivity index (χ1v) is 6.80. The van der Waals surface area contributed by atoms with Crippen LogP contribution in [0.3, 0.4) is 0 Å². The average molecular weight is 311 g/mol. The molecule has 0 spiro atoms. The highest BCUT2D eigenvalue weighted by atomic mass is 79.9. The molecule has 1 heterocycles. The van der Waals surface area contributed by atoms with Crippen LogP contribution in [0.15, 0.2) is 40.2 Å². The fourth-order valence-electron chi connectivity index (χ4n) is 1.41. The van der Waals surface area contributed by atoms with Crippen LogP contribution in [-0.4, -0.2) is 12.4 Å². The van der Waals surface area contributed by atoms with Crippen molar-refractivity contribution in [3.05, 3.63) is 50.6 Å². The van der Waals surface area contributed by atoms with Crippen molar-refractivity contribution < 1.29 is 9.53 Å². The standard InChI is InChI=1S/C13H11BrO2S/c1-9-3-2-4-10(7-9)16-8-12(15)13-11(14)5-6-17-13/h2-7H,8H2,1H3. The van der Waals surface area contributed by atoms with Gasteiger partial charge in [0.05, 0.1) is 4.88 Å². The molecule has 0 atom stereocenters. The third-order valence-corrected chi connectivity index (χ3v) is 4.11. The van der Waals surface area contributed by atoms with Crippen LogP contribution in [0.1, 0.15) is 15.2 Å². The summed E-state index contributed by atoms with van der Waals surface area (Å²) in [6.45, 7) is 2.06. The summed E-state index contributed by atoms with van der Waals surface area (Å²) < 4.78 is 6.30. The second-order valence-electron chi connectivity index (χ2n) is 3.63. The summed E-state index contributed by atoms with van der Waals surface area (Å²) in [6, 6.07) is 9.53. The summed E-state index contributed by atoms with van der Waals surface area (Å²) in [4.78, 5) is 12.5.